The van der Waals surface area contributed by atoms with E-state index in [1.165, 1.54) is 0 Å². The molecule has 2 heterocycles. The van der Waals surface area contributed by atoms with Gasteiger partial charge in [0.2, 0.25) is 0 Å². The number of piperazine rings is 1. The molecule has 0 aromatic heterocycles. The zero-order valence-electron chi connectivity index (χ0n) is 19.8. The molecule has 1 aromatic carbocycles. The molecule has 0 amide bonds. The molecule has 0 radical (unpaired) electrons. The van der Waals surface area contributed by atoms with Crippen molar-refractivity contribution in [3.63, 3.8) is 0 Å². The number of hydrogen-bond acceptors (Lipinski definition) is 8. The van der Waals surface area contributed by atoms with Crippen LogP contribution in [0.15, 0.2) is 18.2 Å². The summed E-state index contributed by atoms with van der Waals surface area (Å²) in [5, 5.41) is 10.5. The van der Waals surface area contributed by atoms with Crippen LogP contribution in [0.5, 0.6) is 11.5 Å². The average molecular weight is 450 g/mol. The van der Waals surface area contributed by atoms with E-state index in [4.69, 9.17) is 14.2 Å². The number of methoxy groups -OCH3 is 1. The molecule has 32 heavy (non-hydrogen) atoms. The topological polar surface area (TPSA) is 74.7 Å². The van der Waals surface area contributed by atoms with E-state index in [1.807, 2.05) is 25.1 Å². The van der Waals surface area contributed by atoms with Crippen molar-refractivity contribution in [2.45, 2.75) is 32.4 Å². The molecule has 8 nitrogen and oxygen atoms in total. The monoisotopic (exact) mass is 449 g/mol. The first-order chi connectivity index (χ1) is 15.5. The third-order valence-electron chi connectivity index (χ3n) is 6.34. The van der Waals surface area contributed by atoms with Gasteiger partial charge in [0.1, 0.15) is 12.7 Å². The highest BCUT2D eigenvalue weighted by Gasteiger charge is 2.26. The Morgan fingerprint density at radius 3 is 2.47 bits per heavy atom. The van der Waals surface area contributed by atoms with E-state index in [1.54, 1.807) is 7.11 Å². The second-order valence-corrected chi connectivity index (χ2v) is 8.86. The molecule has 180 valence electrons. The van der Waals surface area contributed by atoms with Gasteiger partial charge in [-0.2, -0.15) is 0 Å². The standard InChI is InChI=1S/C24H39N3O5/c1-4-31-24(29)20-7-9-26(10-8-20)16-19-5-6-22(30-3)23(15-19)32-18-21(28)17-27-13-11-25(2)12-14-27/h5-6,15,20-21,28H,4,7-14,16-18H2,1-3H3/t21-/m1/s1. The Kier molecular flexibility index (Phi) is 9.59. The summed E-state index contributed by atoms with van der Waals surface area (Å²) < 4.78 is 16.6. The summed E-state index contributed by atoms with van der Waals surface area (Å²) in [5.74, 6) is 1.27. The fraction of sp³-hybridized carbons (Fsp3) is 0.708. The number of likely N-dealkylation sites (tertiary alicyclic amines) is 1. The maximum atomic E-state index is 11.9. The molecular formula is C24H39N3O5. The zero-order valence-corrected chi connectivity index (χ0v) is 19.8. The molecule has 2 fully saturated rings. The summed E-state index contributed by atoms with van der Waals surface area (Å²) in [6.07, 6.45) is 1.11. The number of carbonyl (C=O) groups excluding carboxylic acids is 1. The normalized spacial score (nSPS) is 20.1. The molecule has 2 saturated heterocycles. The first kappa shape index (κ1) is 24.8. The maximum absolute atomic E-state index is 11.9. The number of likely N-dealkylation sites (N-methyl/N-ethyl adjacent to an activating group) is 1. The van der Waals surface area contributed by atoms with Gasteiger partial charge < -0.3 is 24.2 Å². The lowest BCUT2D eigenvalue weighted by Gasteiger charge is -2.33. The van der Waals surface area contributed by atoms with Crippen molar-refractivity contribution in [3.05, 3.63) is 23.8 Å². The van der Waals surface area contributed by atoms with Crippen LogP contribution in [0.25, 0.3) is 0 Å². The number of aliphatic hydroxyl groups is 1. The van der Waals surface area contributed by atoms with Gasteiger partial charge in [-0.1, -0.05) is 6.07 Å². The van der Waals surface area contributed by atoms with Crippen LogP contribution < -0.4 is 9.47 Å². The highest BCUT2D eigenvalue weighted by molar-refractivity contribution is 5.72. The van der Waals surface area contributed by atoms with Crippen LogP contribution in [0.4, 0.5) is 0 Å². The molecule has 0 bridgehead atoms. The first-order valence-electron chi connectivity index (χ1n) is 11.8. The Morgan fingerprint density at radius 1 is 1.09 bits per heavy atom. The van der Waals surface area contributed by atoms with Gasteiger partial charge in [0, 0.05) is 39.3 Å². The maximum Gasteiger partial charge on any atom is 0.309 e. The number of esters is 1. The number of rotatable bonds is 10. The smallest absolute Gasteiger partial charge is 0.309 e. The van der Waals surface area contributed by atoms with Gasteiger partial charge in [0.05, 0.1) is 19.6 Å². The molecule has 0 unspecified atom stereocenters. The molecule has 0 saturated carbocycles. The molecule has 3 rings (SSSR count). The predicted molar refractivity (Wildman–Crippen MR) is 123 cm³/mol. The summed E-state index contributed by atoms with van der Waals surface area (Å²) in [6, 6.07) is 5.96. The van der Waals surface area contributed by atoms with Crippen molar-refractivity contribution >= 4 is 5.97 Å². The third-order valence-corrected chi connectivity index (χ3v) is 6.34. The van der Waals surface area contributed by atoms with Gasteiger partial charge in [0.15, 0.2) is 11.5 Å². The lowest BCUT2D eigenvalue weighted by molar-refractivity contribution is -0.149. The molecule has 8 heteroatoms. The molecule has 2 aliphatic rings. The Morgan fingerprint density at radius 2 is 1.81 bits per heavy atom. The van der Waals surface area contributed by atoms with Crippen molar-refractivity contribution in [2.24, 2.45) is 5.92 Å². The fourth-order valence-corrected chi connectivity index (χ4v) is 4.34. The summed E-state index contributed by atoms with van der Waals surface area (Å²) in [5.41, 5.74) is 1.13. The molecule has 1 atom stereocenters. The minimum Gasteiger partial charge on any atom is -0.493 e. The van der Waals surface area contributed by atoms with Crippen LogP contribution >= 0.6 is 0 Å². The van der Waals surface area contributed by atoms with Gasteiger partial charge in [-0.3, -0.25) is 14.6 Å². The van der Waals surface area contributed by atoms with E-state index in [0.29, 0.717) is 24.7 Å². The summed E-state index contributed by atoms with van der Waals surface area (Å²) >= 11 is 0. The molecule has 0 spiro atoms. The van der Waals surface area contributed by atoms with E-state index in [9.17, 15) is 9.90 Å². The van der Waals surface area contributed by atoms with Crippen molar-refractivity contribution in [2.75, 3.05) is 73.2 Å². The molecule has 1 aromatic rings. The fourth-order valence-electron chi connectivity index (χ4n) is 4.34. The quantitative estimate of drug-likeness (QED) is 0.538. The van der Waals surface area contributed by atoms with Crippen LogP contribution in [0, 0.1) is 5.92 Å². The van der Waals surface area contributed by atoms with Gasteiger partial charge in [0.25, 0.3) is 0 Å². The van der Waals surface area contributed by atoms with Gasteiger partial charge in [-0.05, 0) is 57.6 Å². The second kappa shape index (κ2) is 12.4. The van der Waals surface area contributed by atoms with Crippen LogP contribution in [0.2, 0.25) is 0 Å². The van der Waals surface area contributed by atoms with Gasteiger partial charge >= 0.3 is 5.97 Å². The minimum atomic E-state index is -0.548. The predicted octanol–water partition coefficient (Wildman–Crippen LogP) is 1.46. The average Bonchev–Trinajstić information content (AvgIpc) is 2.80. The largest absolute Gasteiger partial charge is 0.493 e. The molecule has 0 aliphatic carbocycles. The number of piperidine rings is 1. The van der Waals surface area contributed by atoms with Crippen molar-refractivity contribution < 1.29 is 24.1 Å². The number of β-amino-alcohol motifs (C(OH)–C–C–N with tert-alkyl or cyclic N) is 1. The van der Waals surface area contributed by atoms with Crippen LogP contribution in [0.3, 0.4) is 0 Å². The van der Waals surface area contributed by atoms with Crippen LogP contribution in [-0.2, 0) is 16.1 Å². The van der Waals surface area contributed by atoms with E-state index in [-0.39, 0.29) is 18.5 Å². The Balaban J connectivity index is 1.49. The number of nitrogens with zero attached hydrogens (tertiary/aromatic N) is 3. The van der Waals surface area contributed by atoms with Gasteiger partial charge in [-0.25, -0.2) is 0 Å². The number of aliphatic hydroxyl groups excluding tert-OH is 1. The molecule has 2 aliphatic heterocycles. The lowest BCUT2D eigenvalue weighted by atomic mass is 9.96. The van der Waals surface area contributed by atoms with E-state index in [0.717, 1.165) is 64.2 Å². The highest BCUT2D eigenvalue weighted by Crippen LogP contribution is 2.29. The van der Waals surface area contributed by atoms with Gasteiger partial charge in [-0.15, -0.1) is 0 Å². The van der Waals surface area contributed by atoms with Crippen molar-refractivity contribution in [1.82, 2.24) is 14.7 Å². The minimum absolute atomic E-state index is 0.0164. The highest BCUT2D eigenvalue weighted by atomic mass is 16.5. The number of ether oxygens (including phenoxy) is 3. The van der Waals surface area contributed by atoms with E-state index in [2.05, 4.69) is 21.7 Å². The molecule has 1 N–H and O–H groups in total. The van der Waals surface area contributed by atoms with Crippen LogP contribution in [0.1, 0.15) is 25.3 Å². The second-order valence-electron chi connectivity index (χ2n) is 8.86. The Labute approximate surface area is 192 Å². The van der Waals surface area contributed by atoms with E-state index >= 15 is 0 Å². The van der Waals surface area contributed by atoms with Crippen molar-refractivity contribution in [3.8, 4) is 11.5 Å². The molecular weight excluding hydrogens is 410 g/mol. The summed E-state index contributed by atoms with van der Waals surface area (Å²) in [4.78, 5) is 18.9. The number of hydrogen-bond donors (Lipinski definition) is 1. The number of carbonyl (C=O) groups is 1. The Hall–Kier alpha value is -1.87. The van der Waals surface area contributed by atoms with Crippen LogP contribution in [-0.4, -0.2) is 105 Å². The third kappa shape index (κ3) is 7.33. The number of benzene rings is 1. The van der Waals surface area contributed by atoms with Crippen molar-refractivity contribution in [1.29, 1.82) is 0 Å². The summed E-state index contributed by atoms with van der Waals surface area (Å²) in [7, 11) is 3.75. The summed E-state index contributed by atoms with van der Waals surface area (Å²) in [6.45, 7) is 9.67. The Bertz CT molecular complexity index is 716. The first-order valence-corrected chi connectivity index (χ1v) is 11.8. The zero-order chi connectivity index (χ0) is 22.9. The SMILES string of the molecule is CCOC(=O)C1CCN(Cc2ccc(OC)c(OC[C@H](O)CN3CCN(C)CC3)c2)CC1. The lowest BCUT2D eigenvalue weighted by Crippen LogP contribution is -2.47. The van der Waals surface area contributed by atoms with E-state index < -0.39 is 6.10 Å².